The Balaban J connectivity index is 1.53. The van der Waals surface area contributed by atoms with Gasteiger partial charge in [-0.2, -0.15) is 13.2 Å². The van der Waals surface area contributed by atoms with Crippen molar-refractivity contribution in [3.63, 3.8) is 0 Å². The highest BCUT2D eigenvalue weighted by atomic mass is 19.4. The van der Waals surface area contributed by atoms with Crippen molar-refractivity contribution in [3.8, 4) is 0 Å². The molecule has 0 saturated carbocycles. The van der Waals surface area contributed by atoms with Gasteiger partial charge in [0.1, 0.15) is 0 Å². The van der Waals surface area contributed by atoms with E-state index in [9.17, 15) is 22.8 Å². The standard InChI is InChI=1S/C27H20F3NO2/c1-17-7-8-18(13-25(32)20-4-2-6-23(15-20)27(28,29)30)12-22(17)16-26(33)21-9-10-24-19(14-21)5-3-11-31-24/h2-12,14-15H,13,16H2,1H3. The number of benzene rings is 3. The zero-order chi connectivity index (χ0) is 23.6. The van der Waals surface area contributed by atoms with Gasteiger partial charge in [0, 0.05) is 35.6 Å². The minimum Gasteiger partial charge on any atom is -0.294 e. The van der Waals surface area contributed by atoms with Crippen molar-refractivity contribution in [2.45, 2.75) is 25.9 Å². The second-order valence-electron chi connectivity index (χ2n) is 7.95. The molecule has 33 heavy (non-hydrogen) atoms. The fraction of sp³-hybridized carbons (Fsp3) is 0.148. The lowest BCUT2D eigenvalue weighted by atomic mass is 9.94. The Morgan fingerprint density at radius 1 is 0.818 bits per heavy atom. The molecule has 0 spiro atoms. The van der Waals surface area contributed by atoms with E-state index in [0.717, 1.165) is 34.2 Å². The molecule has 0 unspecified atom stereocenters. The van der Waals surface area contributed by atoms with Crippen molar-refractivity contribution in [2.75, 3.05) is 0 Å². The molecule has 0 bridgehead atoms. The van der Waals surface area contributed by atoms with Crippen LogP contribution in [0.25, 0.3) is 10.9 Å². The molecular formula is C27H20F3NO2. The van der Waals surface area contributed by atoms with Gasteiger partial charge in [0.15, 0.2) is 11.6 Å². The van der Waals surface area contributed by atoms with Gasteiger partial charge < -0.3 is 0 Å². The molecule has 0 aliphatic carbocycles. The van der Waals surface area contributed by atoms with Gasteiger partial charge in [-0.25, -0.2) is 0 Å². The molecule has 0 radical (unpaired) electrons. The van der Waals surface area contributed by atoms with E-state index in [1.165, 1.54) is 12.1 Å². The Hall–Kier alpha value is -3.80. The molecule has 3 nitrogen and oxygen atoms in total. The number of halogens is 3. The maximum Gasteiger partial charge on any atom is 0.416 e. The van der Waals surface area contributed by atoms with E-state index in [-0.39, 0.29) is 24.2 Å². The SMILES string of the molecule is Cc1ccc(CC(=O)c2cccc(C(F)(F)F)c2)cc1CC(=O)c1ccc2ncccc2c1. The Labute approximate surface area is 188 Å². The van der Waals surface area contributed by atoms with Crippen molar-refractivity contribution in [1.82, 2.24) is 4.98 Å². The number of rotatable bonds is 6. The first-order valence-corrected chi connectivity index (χ1v) is 10.4. The van der Waals surface area contributed by atoms with Crippen LogP contribution in [0, 0.1) is 6.92 Å². The summed E-state index contributed by atoms with van der Waals surface area (Å²) in [6.45, 7) is 1.88. The predicted octanol–water partition coefficient (Wildman–Crippen LogP) is 6.41. The average Bonchev–Trinajstić information content (AvgIpc) is 2.80. The molecule has 4 aromatic rings. The molecule has 0 N–H and O–H groups in total. The third kappa shape index (κ3) is 5.17. The number of fused-ring (bicyclic) bond motifs is 1. The van der Waals surface area contributed by atoms with E-state index >= 15 is 0 Å². The van der Waals surface area contributed by atoms with Crippen molar-refractivity contribution < 1.29 is 22.8 Å². The monoisotopic (exact) mass is 447 g/mol. The molecule has 0 aliphatic heterocycles. The number of nitrogens with zero attached hydrogens (tertiary/aromatic N) is 1. The van der Waals surface area contributed by atoms with Crippen molar-refractivity contribution in [2.24, 2.45) is 0 Å². The number of aryl methyl sites for hydroxylation is 1. The number of carbonyl (C=O) groups excluding carboxylic acids is 2. The van der Waals surface area contributed by atoms with Crippen LogP contribution in [-0.2, 0) is 19.0 Å². The van der Waals surface area contributed by atoms with Crippen molar-refractivity contribution in [1.29, 1.82) is 0 Å². The molecule has 3 aromatic carbocycles. The van der Waals surface area contributed by atoms with Gasteiger partial charge in [0.25, 0.3) is 0 Å². The maximum absolute atomic E-state index is 13.0. The summed E-state index contributed by atoms with van der Waals surface area (Å²) in [5.74, 6) is -0.477. The Morgan fingerprint density at radius 3 is 2.36 bits per heavy atom. The number of aromatic nitrogens is 1. The van der Waals surface area contributed by atoms with E-state index in [1.54, 1.807) is 36.5 Å². The Kier molecular flexibility index (Phi) is 6.09. The number of pyridine rings is 1. The summed E-state index contributed by atoms with van der Waals surface area (Å²) in [6, 6.07) is 18.8. The first-order valence-electron chi connectivity index (χ1n) is 10.4. The smallest absolute Gasteiger partial charge is 0.294 e. The van der Waals surface area contributed by atoms with Crippen LogP contribution in [-0.4, -0.2) is 16.6 Å². The lowest BCUT2D eigenvalue weighted by molar-refractivity contribution is -0.137. The van der Waals surface area contributed by atoms with Crippen molar-refractivity contribution in [3.05, 3.63) is 112 Å². The van der Waals surface area contributed by atoms with Crippen molar-refractivity contribution >= 4 is 22.5 Å². The normalized spacial score (nSPS) is 11.5. The number of ketones is 2. The number of Topliss-reactive ketones (excluding diaryl/α,β-unsaturated/α-hetero) is 2. The molecule has 166 valence electrons. The summed E-state index contributed by atoms with van der Waals surface area (Å²) in [5.41, 5.74) is 2.86. The van der Waals surface area contributed by atoms with Crippen LogP contribution in [0.1, 0.15) is 43.0 Å². The van der Waals surface area contributed by atoms with Crippen LogP contribution >= 0.6 is 0 Å². The zero-order valence-electron chi connectivity index (χ0n) is 17.8. The molecule has 1 heterocycles. The molecule has 6 heteroatoms. The number of alkyl halides is 3. The lowest BCUT2D eigenvalue weighted by Crippen LogP contribution is -2.10. The number of carbonyl (C=O) groups is 2. The first-order chi connectivity index (χ1) is 15.7. The van der Waals surface area contributed by atoms with Gasteiger partial charge in [0.05, 0.1) is 11.1 Å². The van der Waals surface area contributed by atoms with Gasteiger partial charge in [-0.05, 0) is 60.0 Å². The summed E-state index contributed by atoms with van der Waals surface area (Å²) in [6.07, 6.45) is -2.71. The van der Waals surface area contributed by atoms with Crippen LogP contribution in [0.4, 0.5) is 13.2 Å². The second-order valence-corrected chi connectivity index (χ2v) is 7.95. The predicted molar refractivity (Wildman–Crippen MR) is 120 cm³/mol. The molecule has 0 aliphatic rings. The van der Waals surface area contributed by atoms with Crippen LogP contribution in [0.3, 0.4) is 0 Å². The maximum atomic E-state index is 13.0. The quantitative estimate of drug-likeness (QED) is 0.321. The van der Waals surface area contributed by atoms with Gasteiger partial charge in [-0.15, -0.1) is 0 Å². The van der Waals surface area contributed by atoms with Crippen LogP contribution in [0.15, 0.2) is 79.0 Å². The molecule has 0 fully saturated rings. The molecule has 0 atom stereocenters. The number of hydrogen-bond donors (Lipinski definition) is 0. The highest BCUT2D eigenvalue weighted by Gasteiger charge is 2.30. The molecule has 1 aromatic heterocycles. The fourth-order valence-electron chi connectivity index (χ4n) is 3.71. The topological polar surface area (TPSA) is 47.0 Å². The Bertz CT molecular complexity index is 1360. The Morgan fingerprint density at radius 2 is 1.58 bits per heavy atom. The van der Waals surface area contributed by atoms with E-state index in [1.807, 2.05) is 25.1 Å². The van der Waals surface area contributed by atoms with Crippen LogP contribution < -0.4 is 0 Å². The van der Waals surface area contributed by atoms with Gasteiger partial charge >= 0.3 is 6.18 Å². The molecule has 0 amide bonds. The zero-order valence-corrected chi connectivity index (χ0v) is 17.8. The largest absolute Gasteiger partial charge is 0.416 e. The highest BCUT2D eigenvalue weighted by molar-refractivity contribution is 6.01. The van der Waals surface area contributed by atoms with E-state index < -0.39 is 17.5 Å². The summed E-state index contributed by atoms with van der Waals surface area (Å²) in [4.78, 5) is 29.8. The highest BCUT2D eigenvalue weighted by Crippen LogP contribution is 2.30. The average molecular weight is 447 g/mol. The minimum absolute atomic E-state index is 0.00722. The first kappa shape index (κ1) is 22.4. The fourth-order valence-corrected chi connectivity index (χ4v) is 3.71. The van der Waals surface area contributed by atoms with Gasteiger partial charge in [-0.3, -0.25) is 14.6 Å². The molecular weight excluding hydrogens is 427 g/mol. The van der Waals surface area contributed by atoms with E-state index in [2.05, 4.69) is 4.98 Å². The summed E-state index contributed by atoms with van der Waals surface area (Å²) < 4.78 is 38.9. The summed E-state index contributed by atoms with van der Waals surface area (Å²) in [7, 11) is 0. The van der Waals surface area contributed by atoms with Gasteiger partial charge in [0.2, 0.25) is 0 Å². The van der Waals surface area contributed by atoms with Gasteiger partial charge in [-0.1, -0.05) is 36.4 Å². The summed E-state index contributed by atoms with van der Waals surface area (Å²) >= 11 is 0. The minimum atomic E-state index is -4.51. The lowest BCUT2D eigenvalue weighted by Gasteiger charge is -2.10. The van der Waals surface area contributed by atoms with E-state index in [4.69, 9.17) is 0 Å². The van der Waals surface area contributed by atoms with Crippen LogP contribution in [0.2, 0.25) is 0 Å². The third-order valence-electron chi connectivity index (χ3n) is 5.57. The second kappa shape index (κ2) is 8.98. The van der Waals surface area contributed by atoms with Crippen LogP contribution in [0.5, 0.6) is 0 Å². The number of hydrogen-bond acceptors (Lipinski definition) is 3. The summed E-state index contributed by atoms with van der Waals surface area (Å²) in [5, 5.41) is 0.875. The third-order valence-corrected chi connectivity index (χ3v) is 5.57. The van der Waals surface area contributed by atoms with E-state index in [0.29, 0.717) is 11.1 Å². The molecule has 0 saturated heterocycles. The molecule has 4 rings (SSSR count).